The average molecular weight is 537 g/mol. The van der Waals surface area contributed by atoms with Crippen molar-refractivity contribution in [2.75, 3.05) is 59.7 Å². The predicted molar refractivity (Wildman–Crippen MR) is 147 cm³/mol. The minimum absolute atomic E-state index is 0.0346. The molecule has 0 spiro atoms. The minimum atomic E-state index is -0.805. The van der Waals surface area contributed by atoms with E-state index in [0.29, 0.717) is 67.9 Å². The molecular weight excluding hydrogens is 500 g/mol. The summed E-state index contributed by atoms with van der Waals surface area (Å²) in [6, 6.07) is 9.67. The van der Waals surface area contributed by atoms with E-state index in [2.05, 4.69) is 11.5 Å². The van der Waals surface area contributed by atoms with Gasteiger partial charge in [-0.2, -0.15) is 0 Å². The van der Waals surface area contributed by atoms with Gasteiger partial charge in [-0.25, -0.2) is 0 Å². The number of methoxy groups -OCH3 is 1. The van der Waals surface area contributed by atoms with Crippen molar-refractivity contribution in [1.29, 1.82) is 0 Å². The zero-order chi connectivity index (χ0) is 27.9. The van der Waals surface area contributed by atoms with E-state index >= 15 is 0 Å². The Bertz CT molecular complexity index is 1250. The molecule has 208 valence electrons. The van der Waals surface area contributed by atoms with Crippen LogP contribution in [0.1, 0.15) is 29.7 Å². The second-order valence-electron chi connectivity index (χ2n) is 9.37. The van der Waals surface area contributed by atoms with Crippen LogP contribution in [-0.2, 0) is 14.3 Å². The summed E-state index contributed by atoms with van der Waals surface area (Å²) in [5.41, 5.74) is 1.91. The Kier molecular flexibility index (Phi) is 9.27. The Morgan fingerprint density at radius 3 is 2.49 bits per heavy atom. The highest BCUT2D eigenvalue weighted by Crippen LogP contribution is 2.42. The predicted octanol–water partition coefficient (Wildman–Crippen LogP) is 3.72. The third-order valence-corrected chi connectivity index (χ3v) is 6.91. The summed E-state index contributed by atoms with van der Waals surface area (Å²) in [6.45, 7) is 11.9. The number of ether oxygens (including phenoxy) is 4. The number of hydrogen-bond donors (Lipinski definition) is 1. The molecule has 0 bridgehead atoms. The highest BCUT2D eigenvalue weighted by Gasteiger charge is 2.46. The van der Waals surface area contributed by atoms with E-state index in [1.807, 2.05) is 13.8 Å². The molecule has 0 aliphatic carbocycles. The molecule has 1 N–H and O–H groups in total. The summed E-state index contributed by atoms with van der Waals surface area (Å²) >= 11 is 0. The molecule has 2 saturated heterocycles. The van der Waals surface area contributed by atoms with Crippen LogP contribution >= 0.6 is 0 Å². The molecule has 1 atom stereocenters. The molecule has 2 heterocycles. The molecule has 39 heavy (non-hydrogen) atoms. The zero-order valence-corrected chi connectivity index (χ0v) is 22.8. The molecule has 2 aliphatic rings. The Labute approximate surface area is 229 Å². The molecular formula is C30H36N2O7. The number of benzene rings is 2. The molecule has 0 radical (unpaired) electrons. The van der Waals surface area contributed by atoms with Gasteiger partial charge in [-0.1, -0.05) is 18.7 Å². The van der Waals surface area contributed by atoms with Gasteiger partial charge >= 0.3 is 0 Å². The molecule has 9 nitrogen and oxygen atoms in total. The number of carbonyl (C=O) groups excluding carboxylic acids is 2. The first-order valence-corrected chi connectivity index (χ1v) is 13.1. The van der Waals surface area contributed by atoms with E-state index in [4.69, 9.17) is 18.9 Å². The summed E-state index contributed by atoms with van der Waals surface area (Å²) in [5, 5.41) is 11.5. The number of nitrogens with zero attached hydrogens (tertiary/aromatic N) is 2. The van der Waals surface area contributed by atoms with Crippen molar-refractivity contribution in [1.82, 2.24) is 9.80 Å². The van der Waals surface area contributed by atoms with Gasteiger partial charge in [0.15, 0.2) is 11.5 Å². The number of aryl methyl sites for hydroxylation is 1. The topological polar surface area (TPSA) is 97.8 Å². The average Bonchev–Trinajstić information content (AvgIpc) is 3.21. The van der Waals surface area contributed by atoms with Crippen LogP contribution < -0.4 is 14.2 Å². The van der Waals surface area contributed by atoms with Gasteiger partial charge in [0.25, 0.3) is 11.7 Å². The fourth-order valence-corrected chi connectivity index (χ4v) is 4.92. The number of aliphatic hydroxyl groups is 1. The molecule has 0 saturated carbocycles. The maximum absolute atomic E-state index is 13.4. The fourth-order valence-electron chi connectivity index (χ4n) is 4.92. The van der Waals surface area contributed by atoms with Crippen LogP contribution in [-0.4, -0.2) is 86.3 Å². The van der Waals surface area contributed by atoms with Crippen molar-refractivity contribution < 1.29 is 33.6 Å². The van der Waals surface area contributed by atoms with E-state index in [1.165, 1.54) is 12.0 Å². The SMILES string of the molecule is C=CCOc1ccc(C2C(=C(O)c3ccc(OCC)c(C)c3)C(=O)C(=O)N2CCN2CCOCC2)cc1OC. The largest absolute Gasteiger partial charge is 0.507 e. The molecule has 4 rings (SSSR count). The first-order valence-electron chi connectivity index (χ1n) is 13.1. The van der Waals surface area contributed by atoms with Gasteiger partial charge < -0.3 is 29.0 Å². The zero-order valence-electron chi connectivity index (χ0n) is 22.8. The first-order chi connectivity index (χ1) is 18.9. The Hall–Kier alpha value is -3.82. The van der Waals surface area contributed by atoms with Crippen LogP contribution in [0.4, 0.5) is 0 Å². The summed E-state index contributed by atoms with van der Waals surface area (Å²) in [4.78, 5) is 30.6. The van der Waals surface area contributed by atoms with E-state index in [9.17, 15) is 14.7 Å². The van der Waals surface area contributed by atoms with Crippen molar-refractivity contribution >= 4 is 17.4 Å². The number of aliphatic hydroxyl groups excluding tert-OH is 1. The fraction of sp³-hybridized carbons (Fsp3) is 0.400. The van der Waals surface area contributed by atoms with Gasteiger partial charge in [-0.05, 0) is 55.3 Å². The smallest absolute Gasteiger partial charge is 0.295 e. The Morgan fingerprint density at radius 1 is 1.08 bits per heavy atom. The molecule has 2 fully saturated rings. The van der Waals surface area contributed by atoms with E-state index in [0.717, 1.165) is 18.7 Å². The van der Waals surface area contributed by atoms with Gasteiger partial charge in [0.1, 0.15) is 18.1 Å². The number of ketones is 1. The lowest BCUT2D eigenvalue weighted by atomic mass is 9.94. The lowest BCUT2D eigenvalue weighted by molar-refractivity contribution is -0.140. The lowest BCUT2D eigenvalue weighted by Crippen LogP contribution is -2.42. The van der Waals surface area contributed by atoms with Crippen LogP contribution in [0.15, 0.2) is 54.6 Å². The number of morpholine rings is 1. The standard InChI is InChI=1S/C30H36N2O7/c1-5-15-39-24-10-7-21(19-25(24)36-4)27-26(28(33)22-8-9-23(38-6-2)20(3)18-22)29(34)30(35)32(27)12-11-31-13-16-37-17-14-31/h5,7-10,18-19,27,33H,1,6,11-17H2,2-4H3. The summed E-state index contributed by atoms with van der Waals surface area (Å²) in [5.74, 6) is 0.0414. The van der Waals surface area contributed by atoms with Crippen molar-refractivity contribution in [2.24, 2.45) is 0 Å². The Balaban J connectivity index is 1.77. The van der Waals surface area contributed by atoms with Gasteiger partial charge in [0.05, 0.1) is 38.5 Å². The summed E-state index contributed by atoms with van der Waals surface area (Å²) in [6.07, 6.45) is 1.63. The molecule has 0 aromatic heterocycles. The lowest BCUT2D eigenvalue weighted by Gasteiger charge is -2.31. The molecule has 2 aromatic carbocycles. The summed E-state index contributed by atoms with van der Waals surface area (Å²) < 4.78 is 22.3. The van der Waals surface area contributed by atoms with E-state index < -0.39 is 17.7 Å². The molecule has 2 aliphatic heterocycles. The van der Waals surface area contributed by atoms with Crippen molar-refractivity contribution in [3.63, 3.8) is 0 Å². The van der Waals surface area contributed by atoms with Crippen molar-refractivity contribution in [3.05, 3.63) is 71.3 Å². The third-order valence-electron chi connectivity index (χ3n) is 6.91. The second kappa shape index (κ2) is 12.8. The highest BCUT2D eigenvalue weighted by molar-refractivity contribution is 6.46. The molecule has 2 aromatic rings. The third kappa shape index (κ3) is 6.10. The number of hydrogen-bond acceptors (Lipinski definition) is 8. The van der Waals surface area contributed by atoms with Gasteiger partial charge in [-0.3, -0.25) is 14.5 Å². The van der Waals surface area contributed by atoms with Crippen LogP contribution in [0.2, 0.25) is 0 Å². The number of amides is 1. The van der Waals surface area contributed by atoms with Gasteiger partial charge in [-0.15, -0.1) is 0 Å². The minimum Gasteiger partial charge on any atom is -0.507 e. The Morgan fingerprint density at radius 2 is 1.82 bits per heavy atom. The normalized spacial score (nSPS) is 19.3. The highest BCUT2D eigenvalue weighted by atomic mass is 16.5. The number of rotatable bonds is 11. The van der Waals surface area contributed by atoms with Crippen LogP contribution in [0.25, 0.3) is 5.76 Å². The number of carbonyl (C=O) groups is 2. The van der Waals surface area contributed by atoms with Gasteiger partial charge in [0, 0.05) is 31.7 Å². The number of likely N-dealkylation sites (tertiary alicyclic amines) is 1. The molecule has 1 unspecified atom stereocenters. The quantitative estimate of drug-likeness (QED) is 0.201. The molecule has 1 amide bonds. The van der Waals surface area contributed by atoms with E-state index in [-0.39, 0.29) is 11.3 Å². The van der Waals surface area contributed by atoms with Crippen LogP contribution in [0.5, 0.6) is 17.2 Å². The first kappa shape index (κ1) is 28.2. The van der Waals surface area contributed by atoms with Crippen molar-refractivity contribution in [2.45, 2.75) is 19.9 Å². The maximum atomic E-state index is 13.4. The van der Waals surface area contributed by atoms with Crippen LogP contribution in [0, 0.1) is 6.92 Å². The van der Waals surface area contributed by atoms with E-state index in [1.54, 1.807) is 42.5 Å². The van der Waals surface area contributed by atoms with Gasteiger partial charge in [0.2, 0.25) is 0 Å². The van der Waals surface area contributed by atoms with Crippen LogP contribution in [0.3, 0.4) is 0 Å². The second-order valence-corrected chi connectivity index (χ2v) is 9.37. The maximum Gasteiger partial charge on any atom is 0.295 e. The monoisotopic (exact) mass is 536 g/mol. The van der Waals surface area contributed by atoms with Crippen molar-refractivity contribution in [3.8, 4) is 17.2 Å². The number of Topliss-reactive ketones (excluding diaryl/α,β-unsaturated/α-hetero) is 1. The molecule has 9 heteroatoms. The summed E-state index contributed by atoms with van der Waals surface area (Å²) in [7, 11) is 1.53.